The molecule has 1 atom stereocenters. The Morgan fingerprint density at radius 1 is 1.37 bits per heavy atom. The molecule has 0 radical (unpaired) electrons. The third-order valence-corrected chi connectivity index (χ3v) is 7.22. The molecule has 0 spiro atoms. The van der Waals surface area contributed by atoms with E-state index in [1.54, 1.807) is 18.4 Å². The van der Waals surface area contributed by atoms with Gasteiger partial charge >= 0.3 is 0 Å². The summed E-state index contributed by atoms with van der Waals surface area (Å²) in [5, 5.41) is 11.3. The minimum atomic E-state index is -0.261. The highest BCUT2D eigenvalue weighted by atomic mass is 32.2. The summed E-state index contributed by atoms with van der Waals surface area (Å²) in [7, 11) is 1.64. The first-order valence-corrected chi connectivity index (χ1v) is 11.6. The van der Waals surface area contributed by atoms with Crippen LogP contribution < -0.4 is 4.74 Å². The molecule has 1 amide bonds. The van der Waals surface area contributed by atoms with E-state index in [0.29, 0.717) is 24.1 Å². The summed E-state index contributed by atoms with van der Waals surface area (Å²) < 4.78 is 7.47. The van der Waals surface area contributed by atoms with Gasteiger partial charge in [0.2, 0.25) is 5.91 Å². The number of hydrogen-bond acceptors (Lipinski definition) is 6. The van der Waals surface area contributed by atoms with Crippen LogP contribution in [-0.4, -0.2) is 44.5 Å². The van der Waals surface area contributed by atoms with E-state index in [1.165, 1.54) is 22.2 Å². The van der Waals surface area contributed by atoms with Gasteiger partial charge in [0.05, 0.1) is 17.9 Å². The van der Waals surface area contributed by atoms with Gasteiger partial charge < -0.3 is 9.64 Å². The number of para-hydroxylation sites is 1. The molecule has 0 saturated carbocycles. The van der Waals surface area contributed by atoms with Gasteiger partial charge in [0.15, 0.2) is 11.0 Å². The molecule has 0 saturated heterocycles. The molecule has 0 aliphatic carbocycles. The van der Waals surface area contributed by atoms with Gasteiger partial charge in [-0.05, 0) is 42.5 Å². The second-order valence-electron chi connectivity index (χ2n) is 7.04. The molecule has 156 valence electrons. The van der Waals surface area contributed by atoms with E-state index in [2.05, 4.69) is 28.2 Å². The number of thioether (sulfide) groups is 1. The van der Waals surface area contributed by atoms with Gasteiger partial charge in [-0.25, -0.2) is 0 Å². The van der Waals surface area contributed by atoms with Crippen molar-refractivity contribution in [3.05, 3.63) is 58.8 Å². The van der Waals surface area contributed by atoms with Gasteiger partial charge in [-0.1, -0.05) is 30.0 Å². The minimum Gasteiger partial charge on any atom is -0.496 e. The van der Waals surface area contributed by atoms with Crippen LogP contribution in [0.25, 0.3) is 11.4 Å². The van der Waals surface area contributed by atoms with Crippen molar-refractivity contribution < 1.29 is 9.53 Å². The normalized spacial score (nSPS) is 14.3. The Balaban J connectivity index is 1.55. The van der Waals surface area contributed by atoms with E-state index in [1.807, 2.05) is 46.7 Å². The van der Waals surface area contributed by atoms with Gasteiger partial charge in [-0.3, -0.25) is 9.36 Å². The van der Waals surface area contributed by atoms with E-state index in [9.17, 15) is 4.79 Å². The van der Waals surface area contributed by atoms with Crippen molar-refractivity contribution >= 4 is 29.0 Å². The van der Waals surface area contributed by atoms with E-state index in [0.717, 1.165) is 24.3 Å². The second kappa shape index (κ2) is 9.06. The number of carbonyl (C=O) groups excluding carboxylic acids is 1. The zero-order valence-electron chi connectivity index (χ0n) is 17.1. The number of amides is 1. The lowest BCUT2D eigenvalue weighted by molar-refractivity contribution is -0.131. The molecule has 6 nitrogen and oxygen atoms in total. The Morgan fingerprint density at radius 2 is 2.20 bits per heavy atom. The van der Waals surface area contributed by atoms with Crippen molar-refractivity contribution in [2.45, 2.75) is 36.8 Å². The third-order valence-electron chi connectivity index (χ3n) is 5.13. The van der Waals surface area contributed by atoms with Gasteiger partial charge in [0, 0.05) is 24.5 Å². The topological polar surface area (TPSA) is 60.2 Å². The van der Waals surface area contributed by atoms with Crippen LogP contribution in [0.4, 0.5) is 0 Å². The molecule has 8 heteroatoms. The maximum absolute atomic E-state index is 13.1. The Labute approximate surface area is 184 Å². The van der Waals surface area contributed by atoms with Gasteiger partial charge in [0.25, 0.3) is 0 Å². The molecule has 1 aromatic carbocycles. The largest absolute Gasteiger partial charge is 0.496 e. The highest BCUT2D eigenvalue weighted by Crippen LogP contribution is 2.33. The Morgan fingerprint density at radius 3 is 3.00 bits per heavy atom. The van der Waals surface area contributed by atoms with Crippen LogP contribution in [0, 0.1) is 0 Å². The zero-order valence-corrected chi connectivity index (χ0v) is 18.7. The Hall–Kier alpha value is -2.58. The molecular weight excluding hydrogens is 416 g/mol. The van der Waals surface area contributed by atoms with E-state index >= 15 is 0 Å². The predicted octanol–water partition coefficient (Wildman–Crippen LogP) is 4.27. The van der Waals surface area contributed by atoms with Crippen LogP contribution in [0.15, 0.2) is 53.5 Å². The number of rotatable bonds is 7. The molecule has 1 aliphatic heterocycles. The minimum absolute atomic E-state index is 0.129. The van der Waals surface area contributed by atoms with E-state index in [4.69, 9.17) is 4.74 Å². The number of benzene rings is 1. The van der Waals surface area contributed by atoms with Crippen LogP contribution in [0.2, 0.25) is 0 Å². The van der Waals surface area contributed by atoms with Crippen LogP contribution >= 0.6 is 23.1 Å². The summed E-state index contributed by atoms with van der Waals surface area (Å²) in [5.41, 5.74) is 2.13. The summed E-state index contributed by atoms with van der Waals surface area (Å²) in [5.74, 6) is 1.56. The quantitative estimate of drug-likeness (QED) is 0.406. The van der Waals surface area contributed by atoms with Crippen molar-refractivity contribution in [1.29, 1.82) is 0 Å². The summed E-state index contributed by atoms with van der Waals surface area (Å²) in [6.07, 6.45) is 2.74. The molecule has 0 bridgehead atoms. The number of hydrogen-bond donors (Lipinski definition) is 0. The highest BCUT2D eigenvalue weighted by molar-refractivity contribution is 8.00. The summed E-state index contributed by atoms with van der Waals surface area (Å²) in [6.45, 7) is 7.81. The predicted molar refractivity (Wildman–Crippen MR) is 121 cm³/mol. The molecular formula is C22H24N4O2S2. The van der Waals surface area contributed by atoms with Gasteiger partial charge in [-0.2, -0.15) is 0 Å². The maximum atomic E-state index is 13.1. The molecule has 4 rings (SSSR count). The average Bonchev–Trinajstić information content (AvgIpc) is 3.40. The lowest BCUT2D eigenvalue weighted by Gasteiger charge is -2.29. The fourth-order valence-electron chi connectivity index (χ4n) is 3.60. The molecule has 0 N–H and O–H groups in total. The van der Waals surface area contributed by atoms with E-state index in [-0.39, 0.29) is 11.2 Å². The number of aromatic nitrogens is 3. The smallest absolute Gasteiger partial charge is 0.236 e. The van der Waals surface area contributed by atoms with Crippen molar-refractivity contribution in [2.75, 3.05) is 13.7 Å². The molecule has 0 fully saturated rings. The number of nitrogens with zero attached hydrogens (tertiary/aromatic N) is 4. The summed E-state index contributed by atoms with van der Waals surface area (Å²) in [6, 6.07) is 9.84. The first-order chi connectivity index (χ1) is 14.6. The maximum Gasteiger partial charge on any atom is 0.236 e. The van der Waals surface area contributed by atoms with Crippen LogP contribution in [-0.2, 0) is 24.3 Å². The van der Waals surface area contributed by atoms with Crippen molar-refractivity contribution in [1.82, 2.24) is 19.7 Å². The summed E-state index contributed by atoms with van der Waals surface area (Å²) >= 11 is 3.21. The summed E-state index contributed by atoms with van der Waals surface area (Å²) in [4.78, 5) is 16.4. The lowest BCUT2D eigenvalue weighted by Crippen LogP contribution is -2.39. The number of allylic oxidation sites excluding steroid dienone is 1. The average molecular weight is 441 g/mol. The fourth-order valence-corrected chi connectivity index (χ4v) is 5.43. The molecule has 1 aliphatic rings. The van der Waals surface area contributed by atoms with E-state index < -0.39 is 0 Å². The highest BCUT2D eigenvalue weighted by Gasteiger charge is 2.28. The number of ether oxygens (including phenoxy) is 1. The number of fused-ring (bicyclic) bond motifs is 1. The fraction of sp³-hybridized carbons (Fsp3) is 0.318. The number of methoxy groups -OCH3 is 1. The van der Waals surface area contributed by atoms with Crippen LogP contribution in [0.1, 0.15) is 17.4 Å². The first kappa shape index (κ1) is 20.7. The standard InChI is InChI=1S/C22H24N4O2S2/c1-4-11-26-20(17-7-5-6-8-18(17)28-3)23-24-22(26)30-15(2)21(27)25-12-9-19-16(14-25)10-13-29-19/h4-8,10,13,15H,1,9,11-12,14H2,2-3H3. The molecule has 3 aromatic rings. The van der Waals surface area contributed by atoms with Crippen molar-refractivity contribution in [2.24, 2.45) is 0 Å². The van der Waals surface area contributed by atoms with Gasteiger partial charge in [0.1, 0.15) is 5.75 Å². The monoisotopic (exact) mass is 440 g/mol. The SMILES string of the molecule is C=CCn1c(SC(C)C(=O)N2CCc3sccc3C2)nnc1-c1ccccc1OC. The van der Waals surface area contributed by atoms with Crippen LogP contribution in [0.3, 0.4) is 0 Å². The third kappa shape index (κ3) is 4.02. The Bertz CT molecular complexity index is 1060. The lowest BCUT2D eigenvalue weighted by atomic mass is 10.1. The van der Waals surface area contributed by atoms with Gasteiger partial charge in [-0.15, -0.1) is 28.1 Å². The van der Waals surface area contributed by atoms with Crippen molar-refractivity contribution in [3.8, 4) is 17.1 Å². The number of carbonyl (C=O) groups is 1. The number of thiophene rings is 1. The molecule has 2 aromatic heterocycles. The Kier molecular flexibility index (Phi) is 6.24. The van der Waals surface area contributed by atoms with Crippen molar-refractivity contribution in [3.63, 3.8) is 0 Å². The molecule has 3 heterocycles. The first-order valence-electron chi connectivity index (χ1n) is 9.80. The molecule has 30 heavy (non-hydrogen) atoms. The molecule has 1 unspecified atom stereocenters. The van der Waals surface area contributed by atoms with Crippen LogP contribution in [0.5, 0.6) is 5.75 Å². The second-order valence-corrected chi connectivity index (χ2v) is 9.35. The zero-order chi connectivity index (χ0) is 21.1.